The first-order valence-electron chi connectivity index (χ1n) is 7.22. The van der Waals surface area contributed by atoms with E-state index in [1.165, 1.54) is 12.1 Å². The first-order chi connectivity index (χ1) is 9.95. The molecule has 1 fully saturated rings. The second kappa shape index (κ2) is 6.67. The van der Waals surface area contributed by atoms with Gasteiger partial charge < -0.3 is 5.32 Å². The van der Waals surface area contributed by atoms with E-state index in [2.05, 4.69) is 24.1 Å². The number of carbonyl (C=O) groups excluding carboxylic acids is 1. The van der Waals surface area contributed by atoms with Crippen LogP contribution in [0.15, 0.2) is 24.3 Å². The lowest BCUT2D eigenvalue weighted by Gasteiger charge is -2.20. The fraction of sp³-hybridized carbons (Fsp3) is 0.533. The van der Waals surface area contributed by atoms with Crippen molar-refractivity contribution in [3.8, 4) is 0 Å². The minimum Gasteiger partial charge on any atom is -0.352 e. The minimum atomic E-state index is -0.442. The van der Waals surface area contributed by atoms with Crippen LogP contribution in [-0.4, -0.2) is 40.9 Å². The molecule has 6 nitrogen and oxygen atoms in total. The number of nitrogens with one attached hydrogen (secondary N) is 1. The maximum absolute atomic E-state index is 12.0. The van der Waals surface area contributed by atoms with Crippen LogP contribution in [0.25, 0.3) is 0 Å². The maximum Gasteiger partial charge on any atom is 0.269 e. The van der Waals surface area contributed by atoms with Crippen molar-refractivity contribution in [2.45, 2.75) is 38.8 Å². The molecule has 1 aliphatic heterocycles. The lowest BCUT2D eigenvalue weighted by Crippen LogP contribution is -2.39. The van der Waals surface area contributed by atoms with E-state index in [1.807, 2.05) is 0 Å². The fourth-order valence-corrected chi connectivity index (χ4v) is 2.57. The summed E-state index contributed by atoms with van der Waals surface area (Å²) >= 11 is 0. The highest BCUT2D eigenvalue weighted by atomic mass is 16.6. The molecule has 1 amide bonds. The number of hydrogen-bond acceptors (Lipinski definition) is 4. The summed E-state index contributed by atoms with van der Waals surface area (Å²) in [7, 11) is 0. The summed E-state index contributed by atoms with van der Waals surface area (Å²) in [4.78, 5) is 24.5. The highest BCUT2D eigenvalue weighted by Crippen LogP contribution is 2.14. The summed E-state index contributed by atoms with van der Waals surface area (Å²) in [6.07, 6.45) is 1.24. The van der Waals surface area contributed by atoms with Crippen molar-refractivity contribution in [3.63, 3.8) is 0 Å². The van der Waals surface area contributed by atoms with Gasteiger partial charge in [-0.1, -0.05) is 12.1 Å². The summed E-state index contributed by atoms with van der Waals surface area (Å²) in [6, 6.07) is 6.83. The molecular formula is C15H21N3O3. The van der Waals surface area contributed by atoms with Crippen LogP contribution in [0.4, 0.5) is 5.69 Å². The number of amides is 1. The Bertz CT molecular complexity index is 513. The van der Waals surface area contributed by atoms with E-state index in [4.69, 9.17) is 0 Å². The van der Waals surface area contributed by atoms with Crippen molar-refractivity contribution in [2.75, 3.05) is 13.1 Å². The molecule has 2 rings (SSSR count). The predicted molar refractivity (Wildman–Crippen MR) is 80.1 cm³/mol. The lowest BCUT2D eigenvalue weighted by molar-refractivity contribution is -0.384. The summed E-state index contributed by atoms with van der Waals surface area (Å²) in [5.74, 6) is -0.0283. The van der Waals surface area contributed by atoms with E-state index >= 15 is 0 Å². The monoisotopic (exact) mass is 291 g/mol. The van der Waals surface area contributed by atoms with E-state index in [-0.39, 0.29) is 24.1 Å². The number of rotatable bonds is 5. The van der Waals surface area contributed by atoms with Gasteiger partial charge in [0.15, 0.2) is 0 Å². The van der Waals surface area contributed by atoms with Crippen molar-refractivity contribution in [1.29, 1.82) is 0 Å². The van der Waals surface area contributed by atoms with Crippen LogP contribution >= 0.6 is 0 Å². The normalized spacial score (nSPS) is 18.9. The zero-order chi connectivity index (χ0) is 15.4. The van der Waals surface area contributed by atoms with Crippen LogP contribution in [0.5, 0.6) is 0 Å². The second-order valence-corrected chi connectivity index (χ2v) is 5.74. The molecule has 0 aliphatic carbocycles. The Kier molecular flexibility index (Phi) is 4.90. The van der Waals surface area contributed by atoms with E-state index in [0.29, 0.717) is 6.04 Å². The molecule has 1 aromatic carbocycles. The van der Waals surface area contributed by atoms with Gasteiger partial charge in [0.1, 0.15) is 0 Å². The average molecular weight is 291 g/mol. The number of nitrogens with zero attached hydrogens (tertiary/aromatic N) is 2. The molecule has 114 valence electrons. The standard InChI is InChI=1S/C15H21N3O3/c1-11(2)17-8-7-13(10-17)16-15(19)9-12-3-5-14(6-4-12)18(20)21/h3-6,11,13H,7-10H2,1-2H3,(H,16,19)/t13-/m0/s1. The topological polar surface area (TPSA) is 75.5 Å². The Morgan fingerprint density at radius 1 is 1.43 bits per heavy atom. The van der Waals surface area contributed by atoms with E-state index < -0.39 is 4.92 Å². The number of carbonyl (C=O) groups is 1. The van der Waals surface area contributed by atoms with E-state index in [0.717, 1.165) is 25.1 Å². The molecule has 1 aromatic rings. The van der Waals surface area contributed by atoms with Gasteiger partial charge in [-0.2, -0.15) is 0 Å². The molecular weight excluding hydrogens is 270 g/mol. The van der Waals surface area contributed by atoms with Gasteiger partial charge in [0.05, 0.1) is 11.3 Å². The first kappa shape index (κ1) is 15.4. The van der Waals surface area contributed by atoms with Gasteiger partial charge in [0, 0.05) is 37.3 Å². The number of likely N-dealkylation sites (tertiary alicyclic amines) is 1. The fourth-order valence-electron chi connectivity index (χ4n) is 2.57. The zero-order valence-electron chi connectivity index (χ0n) is 12.4. The molecule has 0 aromatic heterocycles. The molecule has 1 heterocycles. The smallest absolute Gasteiger partial charge is 0.269 e. The van der Waals surface area contributed by atoms with Crippen LogP contribution in [0, 0.1) is 10.1 Å². The summed E-state index contributed by atoms with van der Waals surface area (Å²) in [5.41, 5.74) is 0.833. The van der Waals surface area contributed by atoms with Crippen molar-refractivity contribution < 1.29 is 9.72 Å². The Hall–Kier alpha value is -1.95. The lowest BCUT2D eigenvalue weighted by atomic mass is 10.1. The Labute approximate surface area is 124 Å². The third-order valence-electron chi connectivity index (χ3n) is 3.83. The third-order valence-corrected chi connectivity index (χ3v) is 3.83. The molecule has 0 bridgehead atoms. The second-order valence-electron chi connectivity index (χ2n) is 5.74. The van der Waals surface area contributed by atoms with Crippen LogP contribution in [0.1, 0.15) is 25.8 Å². The van der Waals surface area contributed by atoms with Gasteiger partial charge in [-0.25, -0.2) is 0 Å². The molecule has 1 N–H and O–H groups in total. The van der Waals surface area contributed by atoms with Gasteiger partial charge in [-0.05, 0) is 25.8 Å². The van der Waals surface area contributed by atoms with Gasteiger partial charge in [0.25, 0.3) is 5.69 Å². The SMILES string of the molecule is CC(C)N1CC[C@H](NC(=O)Cc2ccc([N+](=O)[O-])cc2)C1. The van der Waals surface area contributed by atoms with Crippen LogP contribution in [0.3, 0.4) is 0 Å². The van der Waals surface area contributed by atoms with E-state index in [1.54, 1.807) is 12.1 Å². The quantitative estimate of drug-likeness (QED) is 0.662. The average Bonchev–Trinajstić information content (AvgIpc) is 2.87. The highest BCUT2D eigenvalue weighted by Gasteiger charge is 2.25. The molecule has 0 radical (unpaired) electrons. The molecule has 21 heavy (non-hydrogen) atoms. The molecule has 0 saturated carbocycles. The highest BCUT2D eigenvalue weighted by molar-refractivity contribution is 5.79. The van der Waals surface area contributed by atoms with Crippen molar-refractivity contribution in [3.05, 3.63) is 39.9 Å². The Balaban J connectivity index is 1.83. The maximum atomic E-state index is 12.0. The molecule has 1 aliphatic rings. The molecule has 0 spiro atoms. The number of hydrogen-bond donors (Lipinski definition) is 1. The van der Waals surface area contributed by atoms with E-state index in [9.17, 15) is 14.9 Å². The molecule has 1 atom stereocenters. The Morgan fingerprint density at radius 2 is 2.10 bits per heavy atom. The number of benzene rings is 1. The first-order valence-corrected chi connectivity index (χ1v) is 7.22. The molecule has 0 unspecified atom stereocenters. The van der Waals surface area contributed by atoms with Crippen molar-refractivity contribution in [1.82, 2.24) is 10.2 Å². The summed E-state index contributed by atoms with van der Waals surface area (Å²) in [6.45, 7) is 6.21. The van der Waals surface area contributed by atoms with Gasteiger partial charge >= 0.3 is 0 Å². The zero-order valence-corrected chi connectivity index (χ0v) is 12.4. The molecule has 1 saturated heterocycles. The number of nitro benzene ring substituents is 1. The van der Waals surface area contributed by atoms with Crippen molar-refractivity contribution in [2.24, 2.45) is 0 Å². The predicted octanol–water partition coefficient (Wildman–Crippen LogP) is 1.74. The van der Waals surface area contributed by atoms with Crippen LogP contribution in [0.2, 0.25) is 0 Å². The van der Waals surface area contributed by atoms with Crippen LogP contribution < -0.4 is 5.32 Å². The third kappa shape index (κ3) is 4.26. The number of non-ortho nitro benzene ring substituents is 1. The Morgan fingerprint density at radius 3 is 2.62 bits per heavy atom. The van der Waals surface area contributed by atoms with Crippen molar-refractivity contribution >= 4 is 11.6 Å². The number of nitro groups is 1. The molecule has 6 heteroatoms. The van der Waals surface area contributed by atoms with Gasteiger partial charge in [-0.15, -0.1) is 0 Å². The van der Waals surface area contributed by atoms with Gasteiger partial charge in [-0.3, -0.25) is 19.8 Å². The largest absolute Gasteiger partial charge is 0.352 e. The van der Waals surface area contributed by atoms with Crippen LogP contribution in [-0.2, 0) is 11.2 Å². The minimum absolute atomic E-state index is 0.0283. The van der Waals surface area contributed by atoms with Gasteiger partial charge in [0.2, 0.25) is 5.91 Å². The summed E-state index contributed by atoms with van der Waals surface area (Å²) in [5, 5.41) is 13.6. The summed E-state index contributed by atoms with van der Waals surface area (Å²) < 4.78 is 0.